The summed E-state index contributed by atoms with van der Waals surface area (Å²) in [5.41, 5.74) is 0. The smallest absolute Gasteiger partial charge is 0.306 e. The highest BCUT2D eigenvalue weighted by molar-refractivity contribution is 5.91. The van der Waals surface area contributed by atoms with Crippen molar-refractivity contribution in [1.29, 1.82) is 0 Å². The molecule has 0 unspecified atom stereocenters. The molecule has 1 aromatic heterocycles. The largest absolute Gasteiger partial charge is 0.481 e. The molecule has 7 nitrogen and oxygen atoms in total. The van der Waals surface area contributed by atoms with Crippen LogP contribution in [0, 0.1) is 11.8 Å². The monoisotopic (exact) mass is 250 g/mol. The summed E-state index contributed by atoms with van der Waals surface area (Å²) in [6.45, 7) is 0. The fraction of sp³-hybridized carbons (Fsp3) is 0.545. The number of carbonyl (C=O) groups excluding carboxylic acids is 1. The Morgan fingerprint density at radius 3 is 2.39 bits per heavy atom. The third-order valence-corrected chi connectivity index (χ3v) is 3.16. The van der Waals surface area contributed by atoms with E-state index >= 15 is 0 Å². The van der Waals surface area contributed by atoms with E-state index in [0.29, 0.717) is 25.7 Å². The van der Waals surface area contributed by atoms with Gasteiger partial charge in [0.15, 0.2) is 0 Å². The Balaban J connectivity index is 1.86. The number of aliphatic carboxylic acids is 1. The number of hydrogen-bond donors (Lipinski definition) is 2. The Labute approximate surface area is 104 Å². The van der Waals surface area contributed by atoms with Crippen LogP contribution in [-0.4, -0.2) is 32.2 Å². The van der Waals surface area contributed by atoms with E-state index in [2.05, 4.69) is 20.5 Å². The van der Waals surface area contributed by atoms with Crippen molar-refractivity contribution in [3.05, 3.63) is 12.4 Å². The van der Waals surface area contributed by atoms with E-state index in [0.717, 1.165) is 0 Å². The standard InChI is InChI=1S/C11H14N4O3/c16-9(14-11-12-5-6-13-15-11)7-1-3-8(4-2-7)10(17)18/h5-8H,1-4H2,(H,17,18)(H,12,14,15,16). The molecular formula is C11H14N4O3. The fourth-order valence-electron chi connectivity index (χ4n) is 2.12. The van der Waals surface area contributed by atoms with Crippen LogP contribution in [0.15, 0.2) is 12.4 Å². The number of carbonyl (C=O) groups is 2. The molecule has 7 heteroatoms. The summed E-state index contributed by atoms with van der Waals surface area (Å²) >= 11 is 0. The summed E-state index contributed by atoms with van der Waals surface area (Å²) in [6.07, 6.45) is 5.13. The zero-order valence-electron chi connectivity index (χ0n) is 9.74. The molecule has 2 N–H and O–H groups in total. The van der Waals surface area contributed by atoms with Crippen molar-refractivity contribution >= 4 is 17.8 Å². The van der Waals surface area contributed by atoms with Crippen LogP contribution in [0.1, 0.15) is 25.7 Å². The van der Waals surface area contributed by atoms with E-state index < -0.39 is 5.97 Å². The molecule has 0 saturated heterocycles. The highest BCUT2D eigenvalue weighted by atomic mass is 16.4. The lowest BCUT2D eigenvalue weighted by molar-refractivity contribution is -0.143. The number of carboxylic acid groups (broad SMARTS) is 1. The predicted octanol–water partition coefficient (Wildman–Crippen LogP) is 0.701. The number of carboxylic acids is 1. The molecule has 1 saturated carbocycles. The first-order valence-electron chi connectivity index (χ1n) is 5.84. The van der Waals surface area contributed by atoms with Crippen LogP contribution in [0.5, 0.6) is 0 Å². The minimum atomic E-state index is -0.774. The number of nitrogens with one attached hydrogen (secondary N) is 1. The Kier molecular flexibility index (Phi) is 3.81. The summed E-state index contributed by atoms with van der Waals surface area (Å²) in [7, 11) is 0. The van der Waals surface area contributed by atoms with Gasteiger partial charge in [-0.15, -0.1) is 5.10 Å². The fourth-order valence-corrected chi connectivity index (χ4v) is 2.12. The van der Waals surface area contributed by atoms with Crippen LogP contribution in [0.25, 0.3) is 0 Å². The normalized spacial score (nSPS) is 23.3. The van der Waals surface area contributed by atoms with Crippen molar-refractivity contribution in [2.75, 3.05) is 5.32 Å². The van der Waals surface area contributed by atoms with Crippen LogP contribution in [0.4, 0.5) is 5.95 Å². The first kappa shape index (κ1) is 12.4. The molecule has 1 aliphatic rings. The molecule has 0 spiro atoms. The summed E-state index contributed by atoms with van der Waals surface area (Å²) in [6, 6.07) is 0. The Morgan fingerprint density at radius 1 is 1.17 bits per heavy atom. The average molecular weight is 250 g/mol. The van der Waals surface area contributed by atoms with Gasteiger partial charge in [0.25, 0.3) is 0 Å². The van der Waals surface area contributed by atoms with E-state index in [1.165, 1.54) is 12.4 Å². The molecule has 1 aliphatic carbocycles. The summed E-state index contributed by atoms with van der Waals surface area (Å²) in [5.74, 6) is -1.23. The maximum Gasteiger partial charge on any atom is 0.306 e. The third-order valence-electron chi connectivity index (χ3n) is 3.16. The second-order valence-electron chi connectivity index (χ2n) is 4.34. The minimum absolute atomic E-state index is 0.160. The van der Waals surface area contributed by atoms with E-state index in [-0.39, 0.29) is 23.7 Å². The lowest BCUT2D eigenvalue weighted by Crippen LogP contribution is -2.30. The Morgan fingerprint density at radius 2 is 1.83 bits per heavy atom. The van der Waals surface area contributed by atoms with Gasteiger partial charge in [0.2, 0.25) is 11.9 Å². The topological polar surface area (TPSA) is 105 Å². The minimum Gasteiger partial charge on any atom is -0.481 e. The van der Waals surface area contributed by atoms with Gasteiger partial charge in [-0.1, -0.05) is 0 Å². The summed E-state index contributed by atoms with van der Waals surface area (Å²) in [4.78, 5) is 26.5. The van der Waals surface area contributed by atoms with Gasteiger partial charge < -0.3 is 5.11 Å². The molecule has 0 bridgehead atoms. The number of nitrogens with zero attached hydrogens (tertiary/aromatic N) is 3. The summed E-state index contributed by atoms with van der Waals surface area (Å²) in [5, 5.41) is 18.7. The van der Waals surface area contributed by atoms with Gasteiger partial charge in [-0.3, -0.25) is 14.9 Å². The molecule has 1 fully saturated rings. The van der Waals surface area contributed by atoms with E-state index in [1.807, 2.05) is 0 Å². The number of aromatic nitrogens is 3. The molecule has 0 aliphatic heterocycles. The van der Waals surface area contributed by atoms with Crippen LogP contribution >= 0.6 is 0 Å². The van der Waals surface area contributed by atoms with Crippen LogP contribution in [-0.2, 0) is 9.59 Å². The molecule has 1 amide bonds. The second-order valence-corrected chi connectivity index (χ2v) is 4.34. The van der Waals surface area contributed by atoms with Crippen LogP contribution in [0.2, 0.25) is 0 Å². The Bertz CT molecular complexity index is 429. The van der Waals surface area contributed by atoms with Crippen molar-refractivity contribution in [3.8, 4) is 0 Å². The molecule has 1 aromatic rings. The van der Waals surface area contributed by atoms with Gasteiger partial charge in [-0.05, 0) is 25.7 Å². The van der Waals surface area contributed by atoms with Crippen LogP contribution < -0.4 is 5.32 Å². The molecule has 96 valence electrons. The van der Waals surface area contributed by atoms with E-state index in [9.17, 15) is 9.59 Å². The second kappa shape index (κ2) is 5.52. The van der Waals surface area contributed by atoms with Crippen LogP contribution in [0.3, 0.4) is 0 Å². The highest BCUT2D eigenvalue weighted by Gasteiger charge is 2.29. The van der Waals surface area contributed by atoms with Crippen molar-refractivity contribution in [2.45, 2.75) is 25.7 Å². The van der Waals surface area contributed by atoms with Crippen molar-refractivity contribution in [1.82, 2.24) is 15.2 Å². The number of hydrogen-bond acceptors (Lipinski definition) is 5. The van der Waals surface area contributed by atoms with Crippen molar-refractivity contribution in [3.63, 3.8) is 0 Å². The highest BCUT2D eigenvalue weighted by Crippen LogP contribution is 2.29. The Hall–Kier alpha value is -2.05. The van der Waals surface area contributed by atoms with Gasteiger partial charge in [0.05, 0.1) is 18.3 Å². The van der Waals surface area contributed by atoms with Gasteiger partial charge in [0.1, 0.15) is 0 Å². The van der Waals surface area contributed by atoms with Gasteiger partial charge >= 0.3 is 5.97 Å². The maximum atomic E-state index is 11.9. The maximum absolute atomic E-state index is 11.9. The number of rotatable bonds is 3. The van der Waals surface area contributed by atoms with E-state index in [4.69, 9.17) is 5.11 Å². The SMILES string of the molecule is O=C(O)C1CCC(C(=O)Nc2nccnn2)CC1. The van der Waals surface area contributed by atoms with Gasteiger partial charge in [-0.2, -0.15) is 5.10 Å². The lowest BCUT2D eigenvalue weighted by atomic mass is 9.81. The quantitative estimate of drug-likeness (QED) is 0.818. The average Bonchev–Trinajstić information content (AvgIpc) is 2.40. The molecule has 18 heavy (non-hydrogen) atoms. The third kappa shape index (κ3) is 2.99. The molecular weight excluding hydrogens is 236 g/mol. The zero-order chi connectivity index (χ0) is 13.0. The molecule has 0 radical (unpaired) electrons. The number of anilines is 1. The zero-order valence-corrected chi connectivity index (χ0v) is 9.74. The molecule has 0 atom stereocenters. The lowest BCUT2D eigenvalue weighted by Gasteiger charge is -2.24. The molecule has 1 heterocycles. The van der Waals surface area contributed by atoms with Crippen molar-refractivity contribution in [2.24, 2.45) is 11.8 Å². The van der Waals surface area contributed by atoms with Gasteiger partial charge in [0, 0.05) is 5.92 Å². The first-order valence-corrected chi connectivity index (χ1v) is 5.84. The summed E-state index contributed by atoms with van der Waals surface area (Å²) < 4.78 is 0. The van der Waals surface area contributed by atoms with Gasteiger partial charge in [-0.25, -0.2) is 4.98 Å². The van der Waals surface area contributed by atoms with E-state index in [1.54, 1.807) is 0 Å². The number of amides is 1. The predicted molar refractivity (Wildman–Crippen MR) is 61.5 cm³/mol. The van der Waals surface area contributed by atoms with Crippen molar-refractivity contribution < 1.29 is 14.7 Å². The first-order chi connectivity index (χ1) is 8.66. The molecule has 0 aromatic carbocycles. The molecule has 2 rings (SSSR count).